The van der Waals surface area contributed by atoms with E-state index in [0.29, 0.717) is 11.4 Å². The second-order valence-electron chi connectivity index (χ2n) is 5.75. The van der Waals surface area contributed by atoms with Crippen molar-refractivity contribution in [3.05, 3.63) is 42.5 Å². The normalized spacial score (nSPS) is 11.3. The molecule has 0 saturated carbocycles. The second kappa shape index (κ2) is 9.12. The Labute approximate surface area is 164 Å². The molecule has 0 aliphatic carbocycles. The van der Waals surface area contributed by atoms with Crippen LogP contribution in [0.2, 0.25) is 0 Å². The zero-order chi connectivity index (χ0) is 20.0. The zero-order valence-electron chi connectivity index (χ0n) is 15.6. The van der Waals surface area contributed by atoms with Crippen molar-refractivity contribution in [2.75, 3.05) is 44.6 Å². The first kappa shape index (κ1) is 21.1. The van der Waals surface area contributed by atoms with Crippen molar-refractivity contribution in [1.82, 2.24) is 4.31 Å². The van der Waals surface area contributed by atoms with Crippen molar-refractivity contribution in [1.29, 1.82) is 0 Å². The fraction of sp³-hybridized carbons (Fsp3) is 0.278. The van der Waals surface area contributed by atoms with Gasteiger partial charge in [-0.15, -0.1) is 11.8 Å². The molecule has 2 aromatic rings. The largest absolute Gasteiger partial charge is 0.495 e. The van der Waals surface area contributed by atoms with E-state index in [-0.39, 0.29) is 17.3 Å². The number of nitrogens with zero attached hydrogens (tertiary/aromatic N) is 1. The van der Waals surface area contributed by atoms with Crippen molar-refractivity contribution in [2.24, 2.45) is 0 Å². The maximum Gasteiger partial charge on any atom is 0.243 e. The molecule has 1 amide bonds. The van der Waals surface area contributed by atoms with Gasteiger partial charge in [-0.05, 0) is 36.6 Å². The molecule has 0 spiro atoms. The highest BCUT2D eigenvalue weighted by Gasteiger charge is 2.19. The predicted molar refractivity (Wildman–Crippen MR) is 109 cm³/mol. The van der Waals surface area contributed by atoms with Gasteiger partial charge < -0.3 is 15.4 Å². The highest BCUT2D eigenvalue weighted by atomic mass is 32.2. The number of hydrogen-bond donors (Lipinski definition) is 2. The highest BCUT2D eigenvalue weighted by molar-refractivity contribution is 7.98. The Morgan fingerprint density at radius 3 is 2.48 bits per heavy atom. The van der Waals surface area contributed by atoms with Crippen LogP contribution in [0.1, 0.15) is 0 Å². The molecule has 146 valence electrons. The number of carbonyl (C=O) groups is 1. The van der Waals surface area contributed by atoms with Crippen LogP contribution in [0, 0.1) is 0 Å². The van der Waals surface area contributed by atoms with Crippen LogP contribution < -0.4 is 15.4 Å². The molecule has 9 heteroatoms. The van der Waals surface area contributed by atoms with Crippen LogP contribution in [0.5, 0.6) is 5.75 Å². The summed E-state index contributed by atoms with van der Waals surface area (Å²) in [7, 11) is 0.739. The van der Waals surface area contributed by atoms with E-state index >= 15 is 0 Å². The van der Waals surface area contributed by atoms with Crippen molar-refractivity contribution in [3.63, 3.8) is 0 Å². The third-order valence-electron chi connectivity index (χ3n) is 3.77. The van der Waals surface area contributed by atoms with Crippen molar-refractivity contribution in [3.8, 4) is 5.75 Å². The number of carbonyl (C=O) groups excluding carboxylic acids is 1. The monoisotopic (exact) mass is 409 g/mol. The molecular formula is C18H23N3O4S2. The Bertz CT molecular complexity index is 915. The minimum atomic E-state index is -3.62. The van der Waals surface area contributed by atoms with Gasteiger partial charge in [-0.3, -0.25) is 4.79 Å². The lowest BCUT2D eigenvalue weighted by Crippen LogP contribution is -2.24. The molecule has 0 aliphatic heterocycles. The molecule has 0 aromatic heterocycles. The first-order chi connectivity index (χ1) is 12.8. The molecule has 0 heterocycles. The predicted octanol–water partition coefficient (Wildman–Crippen LogP) is 2.72. The summed E-state index contributed by atoms with van der Waals surface area (Å²) in [4.78, 5) is 13.5. The van der Waals surface area contributed by atoms with Gasteiger partial charge in [0.15, 0.2) is 0 Å². The average Bonchev–Trinajstić information content (AvgIpc) is 2.66. The maximum absolute atomic E-state index is 12.4. The molecule has 0 atom stereocenters. The molecule has 0 saturated heterocycles. The molecular weight excluding hydrogens is 386 g/mol. The van der Waals surface area contributed by atoms with Crippen LogP contribution in [0.4, 0.5) is 11.4 Å². The summed E-state index contributed by atoms with van der Waals surface area (Å²) >= 11 is 1.58. The fourth-order valence-electron chi connectivity index (χ4n) is 2.32. The van der Waals surface area contributed by atoms with Gasteiger partial charge >= 0.3 is 0 Å². The molecule has 2 N–H and O–H groups in total. The molecule has 0 aliphatic rings. The standard InChI is InChI=1S/C18H23N3O4S2/c1-21(2)27(23,24)13-9-10-16(25-3)15(11-13)20-18(22)12-19-14-7-5-6-8-17(14)26-4/h5-11,19H,12H2,1-4H3,(H,20,22). The number of nitrogens with one attached hydrogen (secondary N) is 2. The topological polar surface area (TPSA) is 87.7 Å². The Morgan fingerprint density at radius 2 is 1.85 bits per heavy atom. The Hall–Kier alpha value is -2.23. The SMILES string of the molecule is COc1ccc(S(=O)(=O)N(C)C)cc1NC(=O)CNc1ccccc1SC. The van der Waals surface area contributed by atoms with E-state index in [4.69, 9.17) is 4.74 Å². The number of para-hydroxylation sites is 1. The van der Waals surface area contributed by atoms with E-state index < -0.39 is 10.0 Å². The van der Waals surface area contributed by atoms with E-state index in [9.17, 15) is 13.2 Å². The van der Waals surface area contributed by atoms with Crippen LogP contribution in [-0.4, -0.2) is 52.6 Å². The molecule has 0 fully saturated rings. The van der Waals surface area contributed by atoms with Gasteiger partial charge in [0.05, 0.1) is 24.2 Å². The van der Waals surface area contributed by atoms with E-state index in [2.05, 4.69) is 10.6 Å². The van der Waals surface area contributed by atoms with Gasteiger partial charge in [-0.25, -0.2) is 12.7 Å². The lowest BCUT2D eigenvalue weighted by molar-refractivity contribution is -0.114. The third kappa shape index (κ3) is 5.15. The van der Waals surface area contributed by atoms with Gasteiger partial charge in [0.1, 0.15) is 5.75 Å². The number of amides is 1. The van der Waals surface area contributed by atoms with E-state index in [0.717, 1.165) is 14.9 Å². The fourth-order valence-corrected chi connectivity index (χ4v) is 3.82. The summed E-state index contributed by atoms with van der Waals surface area (Å²) in [6.45, 7) is 0.0331. The van der Waals surface area contributed by atoms with Crippen LogP contribution in [0.3, 0.4) is 0 Å². The number of anilines is 2. The summed E-state index contributed by atoms with van der Waals surface area (Å²) in [6, 6.07) is 12.0. The lowest BCUT2D eigenvalue weighted by Gasteiger charge is -2.15. The summed E-state index contributed by atoms with van der Waals surface area (Å²) < 4.78 is 31.0. The number of thioether (sulfide) groups is 1. The maximum atomic E-state index is 12.4. The third-order valence-corrected chi connectivity index (χ3v) is 6.38. The summed E-state index contributed by atoms with van der Waals surface area (Å²) in [6.07, 6.45) is 1.96. The quantitative estimate of drug-likeness (QED) is 0.652. The number of ether oxygens (including phenoxy) is 1. The van der Waals surface area contributed by atoms with E-state index in [1.807, 2.05) is 30.5 Å². The minimum Gasteiger partial charge on any atom is -0.495 e. The lowest BCUT2D eigenvalue weighted by atomic mass is 10.3. The summed E-state index contributed by atoms with van der Waals surface area (Å²) in [5.41, 5.74) is 1.15. The number of rotatable bonds is 8. The molecule has 27 heavy (non-hydrogen) atoms. The Balaban J connectivity index is 2.16. The van der Waals surface area contributed by atoms with Crippen LogP contribution >= 0.6 is 11.8 Å². The van der Waals surface area contributed by atoms with E-state index in [1.54, 1.807) is 11.8 Å². The second-order valence-corrected chi connectivity index (χ2v) is 8.75. The first-order valence-electron chi connectivity index (χ1n) is 8.07. The molecule has 2 aromatic carbocycles. The number of sulfonamides is 1. The first-order valence-corrected chi connectivity index (χ1v) is 10.7. The molecule has 0 radical (unpaired) electrons. The van der Waals surface area contributed by atoms with Gasteiger partial charge in [0.25, 0.3) is 0 Å². The van der Waals surface area contributed by atoms with Crippen molar-refractivity contribution >= 4 is 39.1 Å². The van der Waals surface area contributed by atoms with Crippen molar-refractivity contribution < 1.29 is 17.9 Å². The van der Waals surface area contributed by atoms with Crippen LogP contribution in [0.15, 0.2) is 52.3 Å². The molecule has 2 rings (SSSR count). The van der Waals surface area contributed by atoms with Gasteiger partial charge in [0, 0.05) is 24.7 Å². The van der Waals surface area contributed by atoms with Gasteiger partial charge in [0.2, 0.25) is 15.9 Å². The van der Waals surface area contributed by atoms with E-state index in [1.165, 1.54) is 39.4 Å². The minimum absolute atomic E-state index is 0.0331. The van der Waals surface area contributed by atoms with Gasteiger partial charge in [-0.1, -0.05) is 12.1 Å². The van der Waals surface area contributed by atoms with Crippen molar-refractivity contribution in [2.45, 2.75) is 9.79 Å². The summed E-state index contributed by atoms with van der Waals surface area (Å²) in [5, 5.41) is 5.79. The van der Waals surface area contributed by atoms with Crippen LogP contribution in [0.25, 0.3) is 0 Å². The highest BCUT2D eigenvalue weighted by Crippen LogP contribution is 2.29. The Morgan fingerprint density at radius 1 is 1.15 bits per heavy atom. The molecule has 0 bridgehead atoms. The average molecular weight is 410 g/mol. The number of methoxy groups -OCH3 is 1. The van der Waals surface area contributed by atoms with Crippen LogP contribution in [-0.2, 0) is 14.8 Å². The molecule has 0 unspecified atom stereocenters. The smallest absolute Gasteiger partial charge is 0.243 e. The number of hydrogen-bond acceptors (Lipinski definition) is 6. The van der Waals surface area contributed by atoms with Gasteiger partial charge in [-0.2, -0.15) is 0 Å². The molecule has 7 nitrogen and oxygen atoms in total. The Kier molecular flexibility index (Phi) is 7.11. The number of benzene rings is 2. The zero-order valence-corrected chi connectivity index (χ0v) is 17.3. The summed E-state index contributed by atoms with van der Waals surface area (Å²) in [5.74, 6) is 0.0641.